The zero-order valence-corrected chi connectivity index (χ0v) is 12.3. The highest BCUT2D eigenvalue weighted by atomic mass is 16.7. The maximum atomic E-state index is 10.2. The van der Waals surface area contributed by atoms with Gasteiger partial charge in [0.25, 0.3) is 0 Å². The first-order chi connectivity index (χ1) is 11.1. The minimum absolute atomic E-state index is 0.0145. The van der Waals surface area contributed by atoms with E-state index < -0.39 is 0 Å². The number of nitrogens with one attached hydrogen (secondary N) is 1. The van der Waals surface area contributed by atoms with Gasteiger partial charge in [-0.1, -0.05) is 6.07 Å². The van der Waals surface area contributed by atoms with Crippen molar-refractivity contribution in [3.05, 3.63) is 42.1 Å². The van der Waals surface area contributed by atoms with Crippen LogP contribution in [0, 0.1) is 6.92 Å². The first-order valence-corrected chi connectivity index (χ1v) is 7.10. The van der Waals surface area contributed by atoms with E-state index in [2.05, 4.69) is 10.2 Å². The van der Waals surface area contributed by atoms with Crippen LogP contribution in [0.4, 0.5) is 0 Å². The maximum absolute atomic E-state index is 10.2. The topological polar surface area (TPSA) is 87.6 Å². The average Bonchev–Trinajstić information content (AvgIpc) is 3.18. The molecule has 0 spiro atoms. The molecule has 0 aliphatic carbocycles. The van der Waals surface area contributed by atoms with Gasteiger partial charge in [-0.25, -0.2) is 0 Å². The first-order valence-electron chi connectivity index (χ1n) is 7.10. The van der Waals surface area contributed by atoms with Crippen LogP contribution < -0.4 is 9.47 Å². The van der Waals surface area contributed by atoms with Crippen LogP contribution in [0.3, 0.4) is 0 Å². The monoisotopic (exact) mass is 310 g/mol. The molecule has 116 valence electrons. The summed E-state index contributed by atoms with van der Waals surface area (Å²) in [7, 11) is 0. The average molecular weight is 310 g/mol. The summed E-state index contributed by atoms with van der Waals surface area (Å²) in [5.41, 5.74) is 3.63. The second kappa shape index (κ2) is 4.95. The van der Waals surface area contributed by atoms with Gasteiger partial charge in [-0.05, 0) is 36.2 Å². The summed E-state index contributed by atoms with van der Waals surface area (Å²) in [5, 5.41) is 26.9. The molecule has 1 aromatic heterocycles. The van der Waals surface area contributed by atoms with Crippen molar-refractivity contribution >= 4 is 0 Å². The van der Waals surface area contributed by atoms with Gasteiger partial charge in [-0.3, -0.25) is 5.10 Å². The number of phenolic OH excluding ortho intramolecular Hbond substituents is 2. The molecule has 1 aliphatic heterocycles. The van der Waals surface area contributed by atoms with Gasteiger partial charge < -0.3 is 19.7 Å². The van der Waals surface area contributed by atoms with Gasteiger partial charge in [0.15, 0.2) is 11.5 Å². The van der Waals surface area contributed by atoms with Gasteiger partial charge in [0.05, 0.1) is 11.9 Å². The van der Waals surface area contributed by atoms with Gasteiger partial charge in [0, 0.05) is 17.2 Å². The van der Waals surface area contributed by atoms with Crippen LogP contribution in [-0.2, 0) is 0 Å². The lowest BCUT2D eigenvalue weighted by atomic mass is 9.99. The molecule has 2 heterocycles. The third kappa shape index (κ3) is 2.15. The van der Waals surface area contributed by atoms with E-state index in [1.165, 1.54) is 6.07 Å². The van der Waals surface area contributed by atoms with Crippen molar-refractivity contribution in [2.75, 3.05) is 6.79 Å². The lowest BCUT2D eigenvalue weighted by Crippen LogP contribution is -1.92. The summed E-state index contributed by atoms with van der Waals surface area (Å²) >= 11 is 0. The molecule has 0 saturated heterocycles. The number of hydrogen-bond acceptors (Lipinski definition) is 5. The van der Waals surface area contributed by atoms with Gasteiger partial charge in [-0.2, -0.15) is 5.10 Å². The van der Waals surface area contributed by atoms with E-state index in [0.29, 0.717) is 28.3 Å². The van der Waals surface area contributed by atoms with Crippen molar-refractivity contribution in [2.45, 2.75) is 6.92 Å². The Bertz CT molecular complexity index is 902. The Morgan fingerprint density at radius 2 is 1.83 bits per heavy atom. The molecular formula is C17H14N2O4. The Balaban J connectivity index is 1.85. The number of ether oxygens (including phenoxy) is 2. The number of hydrogen-bond donors (Lipinski definition) is 3. The molecule has 0 unspecified atom stereocenters. The number of phenols is 2. The van der Waals surface area contributed by atoms with Crippen LogP contribution in [0.25, 0.3) is 22.4 Å². The lowest BCUT2D eigenvalue weighted by molar-refractivity contribution is 0.174. The third-order valence-corrected chi connectivity index (χ3v) is 3.91. The zero-order valence-electron chi connectivity index (χ0n) is 12.3. The highest BCUT2D eigenvalue weighted by Crippen LogP contribution is 2.41. The smallest absolute Gasteiger partial charge is 0.231 e. The van der Waals surface area contributed by atoms with Crippen LogP contribution in [0.2, 0.25) is 0 Å². The summed E-state index contributed by atoms with van der Waals surface area (Å²) in [6.45, 7) is 1.99. The number of aromatic nitrogens is 2. The fourth-order valence-corrected chi connectivity index (χ4v) is 2.66. The molecule has 3 aromatic rings. The van der Waals surface area contributed by atoms with Crippen LogP contribution in [0.1, 0.15) is 5.56 Å². The third-order valence-electron chi connectivity index (χ3n) is 3.91. The van der Waals surface area contributed by atoms with Gasteiger partial charge in [0.1, 0.15) is 11.5 Å². The number of nitrogens with zero attached hydrogens (tertiary/aromatic N) is 1. The van der Waals surface area contributed by atoms with Gasteiger partial charge in [-0.15, -0.1) is 0 Å². The summed E-state index contributed by atoms with van der Waals surface area (Å²) in [6, 6.07) is 8.67. The standard InChI is InChI=1S/C17H14N2O4/c1-9-4-11(14(21)6-13(9)20)17-12(7-18-19-17)10-2-3-15-16(5-10)23-8-22-15/h2-7,20-21H,8H2,1H3,(H,18,19). The van der Waals surface area contributed by atoms with Crippen LogP contribution >= 0.6 is 0 Å². The Hall–Kier alpha value is -3.15. The van der Waals surface area contributed by atoms with Crippen LogP contribution in [-0.4, -0.2) is 27.2 Å². The van der Waals surface area contributed by atoms with Gasteiger partial charge in [0.2, 0.25) is 6.79 Å². The number of aromatic hydroxyl groups is 2. The summed E-state index contributed by atoms with van der Waals surface area (Å²) in [6.07, 6.45) is 1.69. The Morgan fingerprint density at radius 1 is 1.00 bits per heavy atom. The predicted molar refractivity (Wildman–Crippen MR) is 83.6 cm³/mol. The SMILES string of the molecule is Cc1cc(-c2[nH]ncc2-c2ccc3c(c2)OCO3)c(O)cc1O. The number of fused-ring (bicyclic) bond motifs is 1. The van der Waals surface area contributed by atoms with Crippen LogP contribution in [0.5, 0.6) is 23.0 Å². The van der Waals surface area contributed by atoms with Crippen molar-refractivity contribution < 1.29 is 19.7 Å². The Labute approximate surface area is 131 Å². The molecule has 6 nitrogen and oxygen atoms in total. The van der Waals surface area contributed by atoms with E-state index in [4.69, 9.17) is 9.47 Å². The molecule has 0 bridgehead atoms. The van der Waals surface area contributed by atoms with Crippen molar-refractivity contribution in [1.82, 2.24) is 10.2 Å². The van der Waals surface area contributed by atoms with E-state index in [-0.39, 0.29) is 18.3 Å². The van der Waals surface area contributed by atoms with Crippen molar-refractivity contribution in [1.29, 1.82) is 0 Å². The van der Waals surface area contributed by atoms with Crippen molar-refractivity contribution in [3.8, 4) is 45.4 Å². The highest BCUT2D eigenvalue weighted by Gasteiger charge is 2.18. The van der Waals surface area contributed by atoms with Gasteiger partial charge >= 0.3 is 0 Å². The number of benzene rings is 2. The van der Waals surface area contributed by atoms with E-state index in [1.807, 2.05) is 18.2 Å². The van der Waals surface area contributed by atoms with E-state index in [0.717, 1.165) is 11.1 Å². The molecule has 0 saturated carbocycles. The number of rotatable bonds is 2. The fraction of sp³-hybridized carbons (Fsp3) is 0.118. The molecule has 0 radical (unpaired) electrons. The Morgan fingerprint density at radius 3 is 2.70 bits per heavy atom. The van der Waals surface area contributed by atoms with E-state index >= 15 is 0 Å². The first kappa shape index (κ1) is 13.5. The van der Waals surface area contributed by atoms with E-state index in [9.17, 15) is 10.2 Å². The molecule has 1 aliphatic rings. The molecular weight excluding hydrogens is 296 g/mol. The second-order valence-corrected chi connectivity index (χ2v) is 5.38. The molecule has 3 N–H and O–H groups in total. The number of aromatic amines is 1. The molecule has 23 heavy (non-hydrogen) atoms. The van der Waals surface area contributed by atoms with Crippen LogP contribution in [0.15, 0.2) is 36.5 Å². The highest BCUT2D eigenvalue weighted by molar-refractivity contribution is 5.84. The predicted octanol–water partition coefficient (Wildman–Crippen LogP) is 3.19. The Kier molecular flexibility index (Phi) is 2.90. The lowest BCUT2D eigenvalue weighted by Gasteiger charge is -2.09. The normalized spacial score (nSPS) is 12.6. The fourth-order valence-electron chi connectivity index (χ4n) is 2.66. The zero-order chi connectivity index (χ0) is 16.0. The minimum atomic E-state index is -0.0145. The number of H-pyrrole nitrogens is 1. The molecule has 6 heteroatoms. The summed E-state index contributed by atoms with van der Waals surface area (Å²) in [4.78, 5) is 0. The largest absolute Gasteiger partial charge is 0.508 e. The molecule has 0 atom stereocenters. The molecule has 0 fully saturated rings. The van der Waals surface area contributed by atoms with E-state index in [1.54, 1.807) is 19.2 Å². The summed E-state index contributed by atoms with van der Waals surface area (Å²) in [5.74, 6) is 1.43. The number of aryl methyl sites for hydroxylation is 1. The minimum Gasteiger partial charge on any atom is -0.508 e. The molecule has 0 amide bonds. The van der Waals surface area contributed by atoms with Crippen molar-refractivity contribution in [2.24, 2.45) is 0 Å². The summed E-state index contributed by atoms with van der Waals surface area (Å²) < 4.78 is 10.7. The molecule has 4 rings (SSSR count). The molecule has 2 aromatic carbocycles. The van der Waals surface area contributed by atoms with Crippen molar-refractivity contribution in [3.63, 3.8) is 0 Å². The maximum Gasteiger partial charge on any atom is 0.231 e. The second-order valence-electron chi connectivity index (χ2n) is 5.38. The quantitative estimate of drug-likeness (QED) is 0.676.